The van der Waals surface area contributed by atoms with Gasteiger partial charge in [-0.1, -0.05) is 43.5 Å². The highest BCUT2D eigenvalue weighted by Crippen LogP contribution is 2.29. The molecule has 0 saturated heterocycles. The molecule has 0 aromatic rings. The van der Waals surface area contributed by atoms with E-state index in [2.05, 4.69) is 40.5 Å². The molecular weight excluding hydrogens is 184 g/mol. The summed E-state index contributed by atoms with van der Waals surface area (Å²) in [5.41, 5.74) is 2.72. The highest BCUT2D eigenvalue weighted by Gasteiger charge is 2.25. The lowest BCUT2D eigenvalue weighted by atomic mass is 10.4. The molecule has 0 aliphatic carbocycles. The first-order valence-corrected chi connectivity index (χ1v) is 8.80. The van der Waals surface area contributed by atoms with E-state index in [0.717, 1.165) is 0 Å². The molecule has 0 nitrogen and oxygen atoms in total. The maximum absolute atomic E-state index is 4.06. The van der Waals surface area contributed by atoms with E-state index in [-0.39, 0.29) is 0 Å². The molecule has 0 saturated carbocycles. The van der Waals surface area contributed by atoms with Gasteiger partial charge in [0.1, 0.15) is 0 Å². The minimum Gasteiger partial charge on any atom is -0.100 e. The predicted molar refractivity (Wildman–Crippen MR) is 70.6 cm³/mol. The van der Waals surface area contributed by atoms with Gasteiger partial charge in [-0.05, 0) is 25.9 Å². The molecule has 0 heterocycles. The van der Waals surface area contributed by atoms with Crippen LogP contribution < -0.4 is 0 Å². The van der Waals surface area contributed by atoms with Crippen LogP contribution in [0.1, 0.15) is 33.6 Å². The van der Waals surface area contributed by atoms with Crippen molar-refractivity contribution in [3.8, 4) is 0 Å². The normalized spacial score (nSPS) is 11.4. The minimum absolute atomic E-state index is 1.10. The second-order valence-corrected chi connectivity index (χ2v) is 10.0. The van der Waals surface area contributed by atoms with Crippen molar-refractivity contribution < 1.29 is 0 Å². The third kappa shape index (κ3) is 6.20. The van der Waals surface area contributed by atoms with Crippen LogP contribution in [0.25, 0.3) is 0 Å². The third-order valence-corrected chi connectivity index (χ3v) is 7.07. The molecule has 0 aromatic heterocycles. The van der Waals surface area contributed by atoms with E-state index in [1.54, 1.807) is 0 Å². The van der Waals surface area contributed by atoms with Crippen LogP contribution in [-0.2, 0) is 0 Å². The van der Waals surface area contributed by atoms with Crippen molar-refractivity contribution in [2.75, 3.05) is 0 Å². The van der Waals surface area contributed by atoms with Crippen LogP contribution in [0.2, 0.25) is 24.7 Å². The molecule has 0 unspecified atom stereocenters. The maximum atomic E-state index is 4.06. The summed E-state index contributed by atoms with van der Waals surface area (Å²) in [6.07, 6.45) is 2.69. The van der Waals surface area contributed by atoms with E-state index in [1.807, 2.05) is 0 Å². The summed E-state index contributed by atoms with van der Waals surface area (Å²) in [4.78, 5) is 0. The van der Waals surface area contributed by atoms with Crippen LogP contribution in [0.3, 0.4) is 0 Å². The van der Waals surface area contributed by atoms with Crippen molar-refractivity contribution in [3.63, 3.8) is 0 Å². The van der Waals surface area contributed by atoms with Crippen LogP contribution >= 0.6 is 0 Å². The molecule has 0 N–H and O–H groups in total. The largest absolute Gasteiger partial charge is 0.100 e. The van der Waals surface area contributed by atoms with Crippen molar-refractivity contribution in [2.45, 2.75) is 58.3 Å². The third-order valence-electron chi connectivity index (χ3n) is 2.59. The number of allylic oxidation sites excluding steroid dienone is 2. The van der Waals surface area contributed by atoms with Crippen molar-refractivity contribution in [2.24, 2.45) is 0 Å². The summed E-state index contributed by atoms with van der Waals surface area (Å²) in [7, 11) is -1.10. The van der Waals surface area contributed by atoms with Gasteiger partial charge in [0.15, 0.2) is 0 Å². The highest BCUT2D eigenvalue weighted by molar-refractivity contribution is 6.79. The maximum Gasteiger partial charge on any atom is 0.0584 e. The number of unbranched alkanes of at least 4 members (excludes halogenated alkanes) is 1. The summed E-state index contributed by atoms with van der Waals surface area (Å²) < 4.78 is 0. The fourth-order valence-electron chi connectivity index (χ4n) is 2.30. The lowest BCUT2D eigenvalue weighted by Crippen LogP contribution is -2.29. The topological polar surface area (TPSA) is 0 Å². The Kier molecular flexibility index (Phi) is 6.10. The van der Waals surface area contributed by atoms with E-state index in [1.165, 1.54) is 42.1 Å². The van der Waals surface area contributed by atoms with Gasteiger partial charge in [0.2, 0.25) is 0 Å². The molecule has 0 aliphatic heterocycles. The zero-order valence-electron chi connectivity index (χ0n) is 10.4. The monoisotopic (exact) mass is 210 g/mol. The first kappa shape index (κ1) is 13.7. The van der Waals surface area contributed by atoms with Crippen molar-refractivity contribution in [3.05, 3.63) is 24.3 Å². The molecule has 0 amide bonds. The fraction of sp³-hybridized carbons (Fsp3) is 0.692. The average Bonchev–Trinajstić information content (AvgIpc) is 1.97. The zero-order valence-corrected chi connectivity index (χ0v) is 11.4. The Morgan fingerprint density at radius 3 is 1.79 bits per heavy atom. The first-order chi connectivity index (χ1) is 6.39. The van der Waals surface area contributed by atoms with Gasteiger partial charge in [-0.25, -0.2) is 0 Å². The Morgan fingerprint density at radius 1 is 1.07 bits per heavy atom. The molecule has 0 radical (unpaired) electrons. The number of hydrogen-bond donors (Lipinski definition) is 0. The van der Waals surface area contributed by atoms with Gasteiger partial charge in [0.25, 0.3) is 0 Å². The highest BCUT2D eigenvalue weighted by atomic mass is 28.3. The molecule has 0 bridgehead atoms. The molecule has 0 atom stereocenters. The second-order valence-electron chi connectivity index (χ2n) is 5.18. The van der Waals surface area contributed by atoms with Crippen molar-refractivity contribution >= 4 is 8.07 Å². The second kappa shape index (κ2) is 6.23. The number of hydrogen-bond acceptors (Lipinski definition) is 0. The quantitative estimate of drug-likeness (QED) is 0.409. The van der Waals surface area contributed by atoms with E-state index in [4.69, 9.17) is 0 Å². The number of rotatable bonds is 7. The average molecular weight is 210 g/mol. The Morgan fingerprint density at radius 2 is 1.50 bits per heavy atom. The molecule has 14 heavy (non-hydrogen) atoms. The zero-order chi connectivity index (χ0) is 11.2. The van der Waals surface area contributed by atoms with Gasteiger partial charge in [0.05, 0.1) is 8.07 Å². The van der Waals surface area contributed by atoms with Crippen LogP contribution in [0.15, 0.2) is 24.3 Å². The first-order valence-electron chi connectivity index (χ1n) is 5.68. The molecule has 0 rings (SSSR count). The summed E-state index contributed by atoms with van der Waals surface area (Å²) >= 11 is 0. The summed E-state index contributed by atoms with van der Waals surface area (Å²) in [5, 5.41) is 0. The van der Waals surface area contributed by atoms with E-state index >= 15 is 0 Å². The minimum atomic E-state index is -1.10. The van der Waals surface area contributed by atoms with Crippen LogP contribution in [0, 0.1) is 0 Å². The molecule has 1 heteroatoms. The van der Waals surface area contributed by atoms with E-state index < -0.39 is 8.07 Å². The smallest absolute Gasteiger partial charge is 0.0584 e. The Balaban J connectivity index is 4.31. The SMILES string of the molecule is C=C(C)C[Si](C)(CCCC)CC(=C)C. The predicted octanol–water partition coefficient (Wildman–Crippen LogP) is 5.02. The van der Waals surface area contributed by atoms with Gasteiger partial charge in [-0.2, -0.15) is 0 Å². The lowest BCUT2D eigenvalue weighted by Gasteiger charge is -2.28. The standard InChI is InChI=1S/C13H26Si/c1-7-8-9-14(6,10-12(2)3)11-13(4)5/h2,4,7-11H2,1,3,5-6H3. The molecular formula is C13H26Si. The van der Waals surface area contributed by atoms with Gasteiger partial charge in [0, 0.05) is 0 Å². The van der Waals surface area contributed by atoms with Crippen molar-refractivity contribution in [1.29, 1.82) is 0 Å². The lowest BCUT2D eigenvalue weighted by molar-refractivity contribution is 0.860. The Bertz CT molecular complexity index is 187. The summed E-state index contributed by atoms with van der Waals surface area (Å²) in [6, 6.07) is 3.99. The van der Waals surface area contributed by atoms with Crippen LogP contribution in [-0.4, -0.2) is 8.07 Å². The van der Waals surface area contributed by atoms with Gasteiger partial charge in [-0.3, -0.25) is 0 Å². The molecule has 82 valence electrons. The fourth-order valence-corrected chi connectivity index (χ4v) is 6.90. The molecule has 0 fully saturated rings. The molecule has 0 aromatic carbocycles. The van der Waals surface area contributed by atoms with Gasteiger partial charge in [-0.15, -0.1) is 13.2 Å². The molecule has 0 aliphatic rings. The van der Waals surface area contributed by atoms with Crippen LogP contribution in [0.5, 0.6) is 0 Å². The van der Waals surface area contributed by atoms with E-state index in [0.29, 0.717) is 0 Å². The van der Waals surface area contributed by atoms with Crippen molar-refractivity contribution in [1.82, 2.24) is 0 Å². The molecule has 0 spiro atoms. The summed E-state index contributed by atoms with van der Waals surface area (Å²) in [5.74, 6) is 0. The van der Waals surface area contributed by atoms with E-state index in [9.17, 15) is 0 Å². The Labute approximate surface area is 91.1 Å². The Hall–Kier alpha value is -0.303. The summed E-state index contributed by atoms with van der Waals surface area (Å²) in [6.45, 7) is 17.2. The van der Waals surface area contributed by atoms with Gasteiger partial charge < -0.3 is 0 Å². The van der Waals surface area contributed by atoms with Crippen LogP contribution in [0.4, 0.5) is 0 Å². The van der Waals surface area contributed by atoms with Gasteiger partial charge >= 0.3 is 0 Å².